The molecule has 0 unspecified atom stereocenters. The highest BCUT2D eigenvalue weighted by molar-refractivity contribution is 5.87. The third kappa shape index (κ3) is 2.02. The molecule has 0 saturated heterocycles. The molecular formula is C10H13NO3. The van der Waals surface area contributed by atoms with Crippen molar-refractivity contribution in [2.24, 2.45) is 0 Å². The summed E-state index contributed by atoms with van der Waals surface area (Å²) in [6, 6.07) is 1.69. The zero-order chi connectivity index (χ0) is 10.6. The molecule has 1 rings (SSSR count). The number of pyridine rings is 1. The van der Waals surface area contributed by atoms with E-state index in [2.05, 4.69) is 4.98 Å². The van der Waals surface area contributed by atoms with Gasteiger partial charge in [0.1, 0.15) is 5.75 Å². The van der Waals surface area contributed by atoms with Crippen LogP contribution in [-0.2, 0) is 6.42 Å². The fourth-order valence-electron chi connectivity index (χ4n) is 1.29. The van der Waals surface area contributed by atoms with Gasteiger partial charge >= 0.3 is 5.97 Å². The molecule has 0 aliphatic carbocycles. The van der Waals surface area contributed by atoms with Crippen molar-refractivity contribution in [1.82, 2.24) is 4.98 Å². The van der Waals surface area contributed by atoms with Crippen molar-refractivity contribution >= 4 is 5.97 Å². The second-order valence-corrected chi connectivity index (χ2v) is 2.73. The Labute approximate surface area is 82.5 Å². The second kappa shape index (κ2) is 4.60. The number of hydrogen-bond acceptors (Lipinski definition) is 3. The highest BCUT2D eigenvalue weighted by Crippen LogP contribution is 2.21. The van der Waals surface area contributed by atoms with Gasteiger partial charge in [-0.25, -0.2) is 9.78 Å². The van der Waals surface area contributed by atoms with Gasteiger partial charge in [-0.15, -0.1) is 0 Å². The zero-order valence-corrected chi connectivity index (χ0v) is 8.28. The Kier molecular flexibility index (Phi) is 3.45. The molecule has 0 atom stereocenters. The molecule has 0 saturated carbocycles. The second-order valence-electron chi connectivity index (χ2n) is 2.73. The Bertz CT molecular complexity index is 336. The van der Waals surface area contributed by atoms with Gasteiger partial charge in [-0.3, -0.25) is 0 Å². The van der Waals surface area contributed by atoms with E-state index in [0.29, 0.717) is 24.3 Å². The third-order valence-electron chi connectivity index (χ3n) is 1.87. The first-order valence-corrected chi connectivity index (χ1v) is 4.54. The number of aromatic nitrogens is 1. The lowest BCUT2D eigenvalue weighted by atomic mass is 10.1. The minimum atomic E-state index is -1.01. The van der Waals surface area contributed by atoms with Gasteiger partial charge in [0.25, 0.3) is 0 Å². The van der Waals surface area contributed by atoms with E-state index in [0.717, 1.165) is 0 Å². The van der Waals surface area contributed by atoms with Gasteiger partial charge in [0.15, 0.2) is 5.69 Å². The molecule has 4 heteroatoms. The Balaban J connectivity index is 3.17. The maximum Gasteiger partial charge on any atom is 0.354 e. The first-order chi connectivity index (χ1) is 6.70. The van der Waals surface area contributed by atoms with Crippen LogP contribution < -0.4 is 4.74 Å². The van der Waals surface area contributed by atoms with E-state index in [1.807, 2.05) is 13.8 Å². The number of carboxylic acid groups (broad SMARTS) is 1. The average Bonchev–Trinajstić information content (AvgIpc) is 2.18. The van der Waals surface area contributed by atoms with Crippen LogP contribution in [0, 0.1) is 0 Å². The van der Waals surface area contributed by atoms with Gasteiger partial charge in [0.05, 0.1) is 6.61 Å². The van der Waals surface area contributed by atoms with Crippen LogP contribution in [0.15, 0.2) is 12.3 Å². The molecule has 1 N–H and O–H groups in total. The lowest BCUT2D eigenvalue weighted by Crippen LogP contribution is -2.07. The van der Waals surface area contributed by atoms with E-state index in [1.54, 1.807) is 6.07 Å². The van der Waals surface area contributed by atoms with E-state index in [4.69, 9.17) is 9.84 Å². The minimum Gasteiger partial charge on any atom is -0.493 e. The Hall–Kier alpha value is -1.58. The molecule has 0 fully saturated rings. The molecular weight excluding hydrogens is 182 g/mol. The van der Waals surface area contributed by atoms with Crippen LogP contribution in [0.2, 0.25) is 0 Å². The van der Waals surface area contributed by atoms with Crippen LogP contribution in [-0.4, -0.2) is 22.7 Å². The standard InChI is InChI=1S/C10H13NO3/c1-3-7-8(14-4-2)5-6-11-9(7)10(12)13/h5-6H,3-4H2,1-2H3,(H,12,13). The smallest absolute Gasteiger partial charge is 0.354 e. The number of nitrogens with zero attached hydrogens (tertiary/aromatic N) is 1. The van der Waals surface area contributed by atoms with E-state index >= 15 is 0 Å². The lowest BCUT2D eigenvalue weighted by Gasteiger charge is -2.09. The molecule has 0 spiro atoms. The summed E-state index contributed by atoms with van der Waals surface area (Å²) in [4.78, 5) is 14.6. The quantitative estimate of drug-likeness (QED) is 0.795. The fraction of sp³-hybridized carbons (Fsp3) is 0.400. The summed E-state index contributed by atoms with van der Waals surface area (Å²) in [5, 5.41) is 8.87. The summed E-state index contributed by atoms with van der Waals surface area (Å²) in [7, 11) is 0. The predicted molar refractivity (Wildman–Crippen MR) is 51.7 cm³/mol. The third-order valence-corrected chi connectivity index (χ3v) is 1.87. The molecule has 0 bridgehead atoms. The van der Waals surface area contributed by atoms with Gasteiger partial charge in [0, 0.05) is 11.8 Å². The predicted octanol–water partition coefficient (Wildman–Crippen LogP) is 1.74. The average molecular weight is 195 g/mol. The summed E-state index contributed by atoms with van der Waals surface area (Å²) in [5.41, 5.74) is 0.736. The number of ether oxygens (including phenoxy) is 1. The topological polar surface area (TPSA) is 59.4 Å². The van der Waals surface area contributed by atoms with Crippen LogP contribution in [0.1, 0.15) is 29.9 Å². The van der Waals surface area contributed by atoms with Crippen molar-refractivity contribution in [1.29, 1.82) is 0 Å². The number of carboxylic acids is 1. The molecule has 1 heterocycles. The highest BCUT2D eigenvalue weighted by Gasteiger charge is 2.14. The monoisotopic (exact) mass is 195 g/mol. The Morgan fingerprint density at radius 3 is 2.79 bits per heavy atom. The van der Waals surface area contributed by atoms with Crippen molar-refractivity contribution in [3.8, 4) is 5.75 Å². The summed E-state index contributed by atoms with van der Waals surface area (Å²) >= 11 is 0. The number of rotatable bonds is 4. The molecule has 1 aromatic rings. The van der Waals surface area contributed by atoms with Gasteiger partial charge in [-0.2, -0.15) is 0 Å². The van der Waals surface area contributed by atoms with Gasteiger partial charge in [0.2, 0.25) is 0 Å². The summed E-state index contributed by atoms with van der Waals surface area (Å²) in [6.45, 7) is 4.27. The minimum absolute atomic E-state index is 0.0819. The van der Waals surface area contributed by atoms with Gasteiger partial charge in [-0.05, 0) is 19.4 Å². The van der Waals surface area contributed by atoms with E-state index in [-0.39, 0.29) is 5.69 Å². The number of carbonyl (C=O) groups is 1. The lowest BCUT2D eigenvalue weighted by molar-refractivity contribution is 0.0688. The van der Waals surface area contributed by atoms with Crippen molar-refractivity contribution in [2.75, 3.05) is 6.61 Å². The summed E-state index contributed by atoms with van der Waals surface area (Å²) < 4.78 is 5.32. The van der Waals surface area contributed by atoms with Gasteiger partial charge in [-0.1, -0.05) is 6.92 Å². The van der Waals surface area contributed by atoms with E-state index < -0.39 is 5.97 Å². The first kappa shape index (κ1) is 10.5. The van der Waals surface area contributed by atoms with Gasteiger partial charge < -0.3 is 9.84 Å². The molecule has 0 aliphatic heterocycles. The zero-order valence-electron chi connectivity index (χ0n) is 8.28. The van der Waals surface area contributed by atoms with Crippen LogP contribution in [0.25, 0.3) is 0 Å². The van der Waals surface area contributed by atoms with E-state index in [1.165, 1.54) is 6.20 Å². The Morgan fingerprint density at radius 2 is 2.29 bits per heavy atom. The largest absolute Gasteiger partial charge is 0.493 e. The molecule has 76 valence electrons. The van der Waals surface area contributed by atoms with Crippen molar-refractivity contribution < 1.29 is 14.6 Å². The maximum absolute atomic E-state index is 10.8. The fourth-order valence-corrected chi connectivity index (χ4v) is 1.29. The SMILES string of the molecule is CCOc1ccnc(C(=O)O)c1CC. The number of aromatic carboxylic acids is 1. The van der Waals surface area contributed by atoms with Crippen LogP contribution in [0.5, 0.6) is 5.75 Å². The molecule has 0 aromatic carbocycles. The molecule has 0 aliphatic rings. The Morgan fingerprint density at radius 1 is 1.57 bits per heavy atom. The highest BCUT2D eigenvalue weighted by atomic mass is 16.5. The van der Waals surface area contributed by atoms with Crippen molar-refractivity contribution in [2.45, 2.75) is 20.3 Å². The normalized spacial score (nSPS) is 9.86. The van der Waals surface area contributed by atoms with Crippen LogP contribution >= 0.6 is 0 Å². The molecule has 1 aromatic heterocycles. The molecule has 0 amide bonds. The molecule has 14 heavy (non-hydrogen) atoms. The summed E-state index contributed by atoms with van der Waals surface area (Å²) in [5.74, 6) is -0.397. The van der Waals surface area contributed by atoms with Crippen LogP contribution in [0.4, 0.5) is 0 Å². The molecule has 0 radical (unpaired) electrons. The summed E-state index contributed by atoms with van der Waals surface area (Å²) in [6.07, 6.45) is 2.05. The number of hydrogen-bond donors (Lipinski definition) is 1. The van der Waals surface area contributed by atoms with Crippen molar-refractivity contribution in [3.63, 3.8) is 0 Å². The molecule has 4 nitrogen and oxygen atoms in total. The van der Waals surface area contributed by atoms with Crippen molar-refractivity contribution in [3.05, 3.63) is 23.5 Å². The maximum atomic E-state index is 10.8. The van der Waals surface area contributed by atoms with Crippen LogP contribution in [0.3, 0.4) is 0 Å². The first-order valence-electron chi connectivity index (χ1n) is 4.54. The van der Waals surface area contributed by atoms with E-state index in [9.17, 15) is 4.79 Å².